The third-order valence-electron chi connectivity index (χ3n) is 5.10. The van der Waals surface area contributed by atoms with Crippen LogP contribution in [0.4, 0.5) is 5.82 Å². The van der Waals surface area contributed by atoms with Gasteiger partial charge in [0.05, 0.1) is 18.5 Å². The molecular weight excluding hydrogens is 402 g/mol. The molecule has 27 heavy (non-hydrogen) atoms. The number of benzene rings is 2. The van der Waals surface area contributed by atoms with Crippen molar-refractivity contribution in [2.24, 2.45) is 0 Å². The maximum atomic E-state index is 5.26. The van der Waals surface area contributed by atoms with Crippen molar-refractivity contribution in [3.8, 4) is 11.4 Å². The quantitative estimate of drug-likeness (QED) is 0.611. The van der Waals surface area contributed by atoms with Crippen LogP contribution < -0.4 is 10.1 Å². The lowest BCUT2D eigenvalue weighted by Crippen LogP contribution is -2.07. The second-order valence-electron chi connectivity index (χ2n) is 6.87. The molecule has 1 aliphatic heterocycles. The average molecular weight is 426 g/mol. The summed E-state index contributed by atoms with van der Waals surface area (Å²) < 4.78 is 8.39. The number of rotatable bonds is 5. The van der Waals surface area contributed by atoms with Gasteiger partial charge in [0.25, 0.3) is 0 Å². The zero-order valence-electron chi connectivity index (χ0n) is 15.5. The van der Waals surface area contributed by atoms with E-state index in [1.54, 1.807) is 7.11 Å². The topological polar surface area (TPSA) is 39.1 Å². The number of aromatic nitrogens is 2. The molecule has 140 valence electrons. The molecule has 4 rings (SSSR count). The van der Waals surface area contributed by atoms with E-state index in [0.29, 0.717) is 0 Å². The molecule has 1 N–H and O–H groups in total. The Bertz CT molecular complexity index is 918. The Kier molecular flexibility index (Phi) is 5.48. The first-order valence-corrected chi connectivity index (χ1v) is 10.3. The van der Waals surface area contributed by atoms with E-state index in [2.05, 4.69) is 56.3 Å². The van der Waals surface area contributed by atoms with Gasteiger partial charge in [0, 0.05) is 16.6 Å². The van der Waals surface area contributed by atoms with Gasteiger partial charge in [-0.25, -0.2) is 4.68 Å². The summed E-state index contributed by atoms with van der Waals surface area (Å²) in [5.74, 6) is 2.05. The lowest BCUT2D eigenvalue weighted by Gasteiger charge is -2.10. The number of hydrogen-bond acceptors (Lipinski definition) is 3. The molecule has 2 aromatic carbocycles. The van der Waals surface area contributed by atoms with Crippen molar-refractivity contribution >= 4 is 21.7 Å². The predicted octanol–water partition coefficient (Wildman–Crippen LogP) is 5.18. The van der Waals surface area contributed by atoms with Crippen molar-refractivity contribution in [1.29, 1.82) is 0 Å². The average Bonchev–Trinajstić information content (AvgIpc) is 2.87. The van der Waals surface area contributed by atoms with E-state index in [1.165, 1.54) is 29.7 Å². The van der Waals surface area contributed by atoms with Crippen LogP contribution in [0.25, 0.3) is 5.69 Å². The van der Waals surface area contributed by atoms with Gasteiger partial charge in [-0.3, -0.25) is 0 Å². The van der Waals surface area contributed by atoms with Crippen molar-refractivity contribution in [3.05, 3.63) is 69.8 Å². The Morgan fingerprint density at radius 1 is 1.07 bits per heavy atom. The van der Waals surface area contributed by atoms with Gasteiger partial charge in [-0.05, 0) is 77.9 Å². The van der Waals surface area contributed by atoms with Gasteiger partial charge < -0.3 is 10.1 Å². The number of methoxy groups -OCH3 is 1. The van der Waals surface area contributed by atoms with Crippen LogP contribution in [0.3, 0.4) is 0 Å². The molecule has 0 saturated carbocycles. The van der Waals surface area contributed by atoms with E-state index in [4.69, 9.17) is 9.84 Å². The standard InChI is InChI=1S/C22H24BrN3O/c1-27-17-12-9-16(10-13-17)11-14-20-18-6-4-5-15-24-22(18)26(25-20)21-8-3-2-7-19(21)23/h2-3,7-10,12-13,24H,4-6,11,14-15H2,1H3. The SMILES string of the molecule is COc1ccc(CCc2nn(-c3ccccc3Br)c3c2CCCCN3)cc1. The van der Waals surface area contributed by atoms with Crippen LogP contribution in [-0.2, 0) is 19.3 Å². The lowest BCUT2D eigenvalue weighted by molar-refractivity contribution is 0.414. The van der Waals surface area contributed by atoms with E-state index in [1.807, 2.05) is 18.2 Å². The second kappa shape index (κ2) is 8.17. The highest BCUT2D eigenvalue weighted by molar-refractivity contribution is 9.10. The number of nitrogens with one attached hydrogen (secondary N) is 1. The Balaban J connectivity index is 1.65. The second-order valence-corrected chi connectivity index (χ2v) is 7.72. The number of fused-ring (bicyclic) bond motifs is 1. The van der Waals surface area contributed by atoms with Gasteiger partial charge in [-0.1, -0.05) is 24.3 Å². The van der Waals surface area contributed by atoms with E-state index in [9.17, 15) is 0 Å². The molecule has 0 atom stereocenters. The van der Waals surface area contributed by atoms with Crippen LogP contribution in [0.15, 0.2) is 53.0 Å². The molecule has 1 aromatic heterocycles. The summed E-state index contributed by atoms with van der Waals surface area (Å²) in [5, 5.41) is 8.63. The molecule has 0 bridgehead atoms. The predicted molar refractivity (Wildman–Crippen MR) is 113 cm³/mol. The van der Waals surface area contributed by atoms with Gasteiger partial charge in [-0.15, -0.1) is 0 Å². The lowest BCUT2D eigenvalue weighted by atomic mass is 10.0. The number of halogens is 1. The number of hydrogen-bond donors (Lipinski definition) is 1. The molecule has 3 aromatic rings. The molecule has 0 fully saturated rings. The summed E-state index contributed by atoms with van der Waals surface area (Å²) in [6.45, 7) is 1.00. The zero-order valence-corrected chi connectivity index (χ0v) is 17.1. The van der Waals surface area contributed by atoms with Crippen LogP contribution in [0.5, 0.6) is 5.75 Å². The summed E-state index contributed by atoms with van der Waals surface area (Å²) in [5.41, 5.74) is 4.96. The van der Waals surface area contributed by atoms with Crippen molar-refractivity contribution in [1.82, 2.24) is 9.78 Å². The van der Waals surface area contributed by atoms with Crippen molar-refractivity contribution in [2.75, 3.05) is 19.0 Å². The van der Waals surface area contributed by atoms with Crippen LogP contribution in [-0.4, -0.2) is 23.4 Å². The van der Waals surface area contributed by atoms with E-state index < -0.39 is 0 Å². The summed E-state index contributed by atoms with van der Waals surface area (Å²) in [4.78, 5) is 0. The molecule has 0 saturated heterocycles. The molecule has 0 radical (unpaired) electrons. The fraction of sp³-hybridized carbons (Fsp3) is 0.318. The van der Waals surface area contributed by atoms with Crippen molar-refractivity contribution in [3.63, 3.8) is 0 Å². The van der Waals surface area contributed by atoms with E-state index >= 15 is 0 Å². The van der Waals surface area contributed by atoms with Gasteiger partial charge in [0.2, 0.25) is 0 Å². The Morgan fingerprint density at radius 2 is 1.89 bits per heavy atom. The zero-order chi connectivity index (χ0) is 18.6. The summed E-state index contributed by atoms with van der Waals surface area (Å²) in [6.07, 6.45) is 5.40. The molecule has 1 aliphatic rings. The first kappa shape index (κ1) is 18.1. The van der Waals surface area contributed by atoms with Gasteiger partial charge in [0.15, 0.2) is 0 Å². The fourth-order valence-electron chi connectivity index (χ4n) is 3.63. The summed E-state index contributed by atoms with van der Waals surface area (Å²) in [7, 11) is 1.70. The third kappa shape index (κ3) is 3.88. The number of anilines is 1. The highest BCUT2D eigenvalue weighted by Gasteiger charge is 2.21. The maximum Gasteiger partial charge on any atom is 0.133 e. The minimum Gasteiger partial charge on any atom is -0.497 e. The minimum atomic E-state index is 0.898. The highest BCUT2D eigenvalue weighted by Crippen LogP contribution is 2.31. The van der Waals surface area contributed by atoms with E-state index in [-0.39, 0.29) is 0 Å². The monoisotopic (exact) mass is 425 g/mol. The summed E-state index contributed by atoms with van der Waals surface area (Å²) in [6, 6.07) is 16.6. The molecule has 5 heteroatoms. The van der Waals surface area contributed by atoms with Gasteiger partial charge in [-0.2, -0.15) is 5.10 Å². The van der Waals surface area contributed by atoms with Crippen molar-refractivity contribution in [2.45, 2.75) is 32.1 Å². The first-order valence-electron chi connectivity index (χ1n) is 9.49. The largest absolute Gasteiger partial charge is 0.497 e. The number of para-hydroxylation sites is 1. The maximum absolute atomic E-state index is 5.26. The van der Waals surface area contributed by atoms with Crippen LogP contribution >= 0.6 is 15.9 Å². The minimum absolute atomic E-state index is 0.898. The highest BCUT2D eigenvalue weighted by atomic mass is 79.9. The first-order chi connectivity index (χ1) is 13.3. The number of ether oxygens (including phenoxy) is 1. The molecule has 0 unspecified atom stereocenters. The normalized spacial score (nSPS) is 13.6. The Hall–Kier alpha value is -2.27. The van der Waals surface area contributed by atoms with Crippen LogP contribution in [0.1, 0.15) is 29.7 Å². The molecule has 0 spiro atoms. The van der Waals surface area contributed by atoms with E-state index in [0.717, 1.165) is 47.5 Å². The molecule has 4 nitrogen and oxygen atoms in total. The molecule has 0 aliphatic carbocycles. The van der Waals surface area contributed by atoms with Gasteiger partial charge in [0.1, 0.15) is 11.6 Å². The van der Waals surface area contributed by atoms with Gasteiger partial charge >= 0.3 is 0 Å². The fourth-order valence-corrected chi connectivity index (χ4v) is 4.08. The molecule has 0 amide bonds. The smallest absolute Gasteiger partial charge is 0.133 e. The molecular formula is C22H24BrN3O. The number of nitrogens with zero attached hydrogens (tertiary/aromatic N) is 2. The third-order valence-corrected chi connectivity index (χ3v) is 5.77. The van der Waals surface area contributed by atoms with Crippen LogP contribution in [0.2, 0.25) is 0 Å². The summed E-state index contributed by atoms with van der Waals surface area (Å²) >= 11 is 3.68. The Labute approximate surface area is 168 Å². The van der Waals surface area contributed by atoms with Crippen molar-refractivity contribution < 1.29 is 4.74 Å². The molecule has 2 heterocycles. The van der Waals surface area contributed by atoms with Crippen LogP contribution in [0, 0.1) is 0 Å². The number of aryl methyl sites for hydroxylation is 2. The Morgan fingerprint density at radius 3 is 2.67 bits per heavy atom.